The number of hydrogen-bond acceptors (Lipinski definition) is 6. The highest BCUT2D eigenvalue weighted by Gasteiger charge is 2.37. The quantitative estimate of drug-likeness (QED) is 0.325. The summed E-state index contributed by atoms with van der Waals surface area (Å²) in [4.78, 5) is 49.7. The number of nitrogens with two attached hydrogens (primary N) is 1. The maximum atomic E-state index is 12.7. The number of aliphatic carboxylic acids is 1. The average Bonchev–Trinajstić information content (AvgIpc) is 3.07. The lowest BCUT2D eigenvalue weighted by Gasteiger charge is -2.28. The smallest absolute Gasteiger partial charge is 0.327 e. The van der Waals surface area contributed by atoms with Crippen LogP contribution in [0.5, 0.6) is 0 Å². The zero-order valence-corrected chi connectivity index (χ0v) is 16.9. The van der Waals surface area contributed by atoms with Crippen LogP contribution in [0.4, 0.5) is 0 Å². The minimum Gasteiger partial charge on any atom is -0.480 e. The van der Waals surface area contributed by atoms with Crippen molar-refractivity contribution in [2.24, 2.45) is 11.7 Å². The maximum absolute atomic E-state index is 12.7. The summed E-state index contributed by atoms with van der Waals surface area (Å²) < 4.78 is 0. The molecule has 0 radical (unpaired) electrons. The van der Waals surface area contributed by atoms with Gasteiger partial charge < -0.3 is 26.4 Å². The van der Waals surface area contributed by atoms with Crippen LogP contribution < -0.4 is 16.4 Å². The molecular weight excluding hydrogens is 372 g/mol. The number of carbonyl (C=O) groups is 4. The maximum Gasteiger partial charge on any atom is 0.327 e. The van der Waals surface area contributed by atoms with Gasteiger partial charge >= 0.3 is 5.97 Å². The summed E-state index contributed by atoms with van der Waals surface area (Å²) in [5.41, 5.74) is 5.83. The van der Waals surface area contributed by atoms with Gasteiger partial charge in [-0.05, 0) is 32.1 Å². The molecule has 1 aliphatic rings. The number of thiol groups is 1. The van der Waals surface area contributed by atoms with Crippen LogP contribution in [0.2, 0.25) is 0 Å². The van der Waals surface area contributed by atoms with E-state index in [-0.39, 0.29) is 11.7 Å². The minimum absolute atomic E-state index is 0.0536. The largest absolute Gasteiger partial charge is 0.480 e. The molecule has 0 aromatic carbocycles. The van der Waals surface area contributed by atoms with E-state index >= 15 is 0 Å². The number of nitrogens with one attached hydrogen (secondary N) is 2. The first kappa shape index (κ1) is 23.2. The van der Waals surface area contributed by atoms with Crippen LogP contribution in [0.1, 0.15) is 40.0 Å². The van der Waals surface area contributed by atoms with Crippen molar-refractivity contribution in [1.29, 1.82) is 0 Å². The molecule has 0 aromatic heterocycles. The Balaban J connectivity index is 2.70. The highest BCUT2D eigenvalue weighted by molar-refractivity contribution is 7.80. The second-order valence-corrected chi connectivity index (χ2v) is 7.60. The molecule has 1 aliphatic heterocycles. The normalized spacial score (nSPS) is 20.1. The van der Waals surface area contributed by atoms with E-state index in [1.807, 2.05) is 13.8 Å². The summed E-state index contributed by atoms with van der Waals surface area (Å²) in [6.45, 7) is 5.81. The molecule has 1 fully saturated rings. The van der Waals surface area contributed by atoms with Gasteiger partial charge in [0.2, 0.25) is 17.7 Å². The van der Waals surface area contributed by atoms with Crippen molar-refractivity contribution in [3.05, 3.63) is 0 Å². The van der Waals surface area contributed by atoms with Gasteiger partial charge in [-0.1, -0.05) is 13.8 Å². The van der Waals surface area contributed by atoms with E-state index < -0.39 is 47.9 Å². The SMILES string of the molecule is CC(C)CC(N)C(=O)NC(C)C(=O)N1CCCC1C(=O)NC(CS)C(=O)O. The van der Waals surface area contributed by atoms with Gasteiger partial charge in [0.25, 0.3) is 0 Å². The van der Waals surface area contributed by atoms with Gasteiger partial charge in [-0.3, -0.25) is 14.4 Å². The molecule has 27 heavy (non-hydrogen) atoms. The lowest BCUT2D eigenvalue weighted by atomic mass is 10.0. The van der Waals surface area contributed by atoms with Crippen molar-refractivity contribution in [3.8, 4) is 0 Å². The van der Waals surface area contributed by atoms with Gasteiger partial charge in [0.15, 0.2) is 0 Å². The molecule has 3 amide bonds. The summed E-state index contributed by atoms with van der Waals surface area (Å²) in [6.07, 6.45) is 1.56. The standard InChI is InChI=1S/C17H30N4O5S/c1-9(2)7-11(18)14(22)19-10(3)16(24)21-6-4-5-13(21)15(23)20-12(8-27)17(25)26/h9-13,27H,4-8,18H2,1-3H3,(H,19,22)(H,20,23)(H,25,26). The second-order valence-electron chi connectivity index (χ2n) is 7.24. The molecule has 1 saturated heterocycles. The molecule has 4 unspecified atom stereocenters. The van der Waals surface area contributed by atoms with Gasteiger partial charge in [0, 0.05) is 12.3 Å². The van der Waals surface area contributed by atoms with Gasteiger partial charge in [0.05, 0.1) is 6.04 Å². The van der Waals surface area contributed by atoms with Gasteiger partial charge in [-0.2, -0.15) is 12.6 Å². The molecule has 0 saturated carbocycles. The Morgan fingerprint density at radius 3 is 2.37 bits per heavy atom. The Kier molecular flexibility index (Phi) is 9.04. The van der Waals surface area contributed by atoms with Gasteiger partial charge in [-0.25, -0.2) is 4.79 Å². The van der Waals surface area contributed by atoms with E-state index in [2.05, 4.69) is 23.3 Å². The average molecular weight is 403 g/mol. The molecule has 0 bridgehead atoms. The molecule has 10 heteroatoms. The molecule has 5 N–H and O–H groups in total. The fourth-order valence-electron chi connectivity index (χ4n) is 3.00. The van der Waals surface area contributed by atoms with Crippen LogP contribution in [0.3, 0.4) is 0 Å². The van der Waals surface area contributed by atoms with Crippen molar-refractivity contribution >= 4 is 36.3 Å². The predicted molar refractivity (Wildman–Crippen MR) is 103 cm³/mol. The summed E-state index contributed by atoms with van der Waals surface area (Å²) in [5, 5.41) is 14.0. The Morgan fingerprint density at radius 2 is 1.85 bits per heavy atom. The molecule has 0 aliphatic carbocycles. The highest BCUT2D eigenvalue weighted by Crippen LogP contribution is 2.19. The van der Waals surface area contributed by atoms with Crippen molar-refractivity contribution in [1.82, 2.24) is 15.5 Å². The molecule has 0 aromatic rings. The topological polar surface area (TPSA) is 142 Å². The van der Waals surface area contributed by atoms with Crippen LogP contribution in [0.15, 0.2) is 0 Å². The third-order valence-electron chi connectivity index (χ3n) is 4.43. The van der Waals surface area contributed by atoms with E-state index in [9.17, 15) is 19.2 Å². The van der Waals surface area contributed by atoms with Crippen LogP contribution >= 0.6 is 12.6 Å². The first-order valence-electron chi connectivity index (χ1n) is 9.08. The number of rotatable bonds is 9. The Hall–Kier alpha value is -1.81. The van der Waals surface area contributed by atoms with Crippen molar-refractivity contribution in [2.75, 3.05) is 12.3 Å². The van der Waals surface area contributed by atoms with E-state index in [1.165, 1.54) is 4.90 Å². The molecule has 1 heterocycles. The second kappa shape index (κ2) is 10.5. The molecule has 9 nitrogen and oxygen atoms in total. The fourth-order valence-corrected chi connectivity index (χ4v) is 3.25. The highest BCUT2D eigenvalue weighted by atomic mass is 32.1. The Morgan fingerprint density at radius 1 is 1.22 bits per heavy atom. The number of carboxylic acid groups (broad SMARTS) is 1. The molecule has 0 spiro atoms. The Labute approximate surface area is 164 Å². The summed E-state index contributed by atoms with van der Waals surface area (Å²) >= 11 is 3.91. The third-order valence-corrected chi connectivity index (χ3v) is 4.79. The van der Waals surface area contributed by atoms with Crippen LogP contribution in [0.25, 0.3) is 0 Å². The van der Waals surface area contributed by atoms with Gasteiger partial charge in [-0.15, -0.1) is 0 Å². The number of nitrogens with zero attached hydrogens (tertiary/aromatic N) is 1. The first-order chi connectivity index (χ1) is 12.6. The number of carbonyl (C=O) groups excluding carboxylic acids is 3. The molecule has 1 rings (SSSR count). The molecular formula is C17H30N4O5S. The zero-order chi connectivity index (χ0) is 20.7. The first-order valence-corrected chi connectivity index (χ1v) is 9.72. The monoisotopic (exact) mass is 402 g/mol. The molecule has 154 valence electrons. The fraction of sp³-hybridized carbons (Fsp3) is 0.765. The third kappa shape index (κ3) is 6.69. The van der Waals surface area contributed by atoms with Crippen molar-refractivity contribution < 1.29 is 24.3 Å². The Bertz CT molecular complexity index is 572. The van der Waals surface area contributed by atoms with E-state index in [1.54, 1.807) is 6.92 Å². The lowest BCUT2D eigenvalue weighted by Crippen LogP contribution is -2.56. The summed E-state index contributed by atoms with van der Waals surface area (Å²) in [6, 6.07) is -3.42. The van der Waals surface area contributed by atoms with Crippen LogP contribution in [0, 0.1) is 5.92 Å². The van der Waals surface area contributed by atoms with Crippen molar-refractivity contribution in [2.45, 2.75) is 64.2 Å². The summed E-state index contributed by atoms with van der Waals surface area (Å²) in [7, 11) is 0. The van der Waals surface area contributed by atoms with Gasteiger partial charge in [0.1, 0.15) is 18.1 Å². The van der Waals surface area contributed by atoms with Crippen molar-refractivity contribution in [3.63, 3.8) is 0 Å². The van der Waals surface area contributed by atoms with E-state index in [0.717, 1.165) is 0 Å². The zero-order valence-electron chi connectivity index (χ0n) is 16.0. The number of carboxylic acids is 1. The van der Waals surface area contributed by atoms with E-state index in [4.69, 9.17) is 10.8 Å². The lowest BCUT2D eigenvalue weighted by molar-refractivity contribution is -0.144. The predicted octanol–water partition coefficient (Wildman–Crippen LogP) is -0.645. The number of hydrogen-bond donors (Lipinski definition) is 5. The number of amides is 3. The van der Waals surface area contributed by atoms with Crippen LogP contribution in [-0.4, -0.2) is 70.2 Å². The summed E-state index contributed by atoms with van der Waals surface area (Å²) in [5.74, 6) is -2.33. The minimum atomic E-state index is -1.19. The van der Waals surface area contributed by atoms with Crippen LogP contribution in [-0.2, 0) is 19.2 Å². The number of likely N-dealkylation sites (tertiary alicyclic amines) is 1. The molecule has 4 atom stereocenters. The van der Waals surface area contributed by atoms with E-state index in [0.29, 0.717) is 25.8 Å².